The van der Waals surface area contributed by atoms with Crippen LogP contribution >= 0.6 is 38.9 Å². The molecule has 0 radical (unpaired) electrons. The van der Waals surface area contributed by atoms with E-state index in [-0.39, 0.29) is 6.03 Å². The Labute approximate surface area is 144 Å². The van der Waals surface area contributed by atoms with E-state index in [4.69, 9.17) is 11.6 Å². The third-order valence-electron chi connectivity index (χ3n) is 2.96. The van der Waals surface area contributed by atoms with E-state index in [1.54, 1.807) is 12.1 Å². The summed E-state index contributed by atoms with van der Waals surface area (Å²) in [5.74, 6) is 0. The van der Waals surface area contributed by atoms with Crippen LogP contribution in [-0.2, 0) is 6.54 Å². The van der Waals surface area contributed by atoms with Crippen LogP contribution in [0.5, 0.6) is 0 Å². The molecule has 0 aliphatic carbocycles. The maximum Gasteiger partial charge on any atom is 0.321 e. The van der Waals surface area contributed by atoms with Crippen LogP contribution in [0.3, 0.4) is 0 Å². The van der Waals surface area contributed by atoms with Crippen LogP contribution in [0.1, 0.15) is 5.56 Å². The van der Waals surface area contributed by atoms with Gasteiger partial charge in [-0.3, -0.25) is 5.32 Å². The number of hydrogen-bond donors (Lipinski definition) is 2. The molecule has 3 rings (SSSR count). The van der Waals surface area contributed by atoms with Gasteiger partial charge in [0.2, 0.25) is 0 Å². The monoisotopic (exact) mass is 395 g/mol. The number of urea groups is 1. The van der Waals surface area contributed by atoms with Gasteiger partial charge in [0, 0.05) is 16.0 Å². The van der Waals surface area contributed by atoms with Gasteiger partial charge >= 0.3 is 6.03 Å². The molecule has 0 aliphatic heterocycles. The lowest BCUT2D eigenvalue weighted by atomic mass is 10.2. The Hall–Kier alpha value is -1.63. The summed E-state index contributed by atoms with van der Waals surface area (Å²) in [6.07, 6.45) is 0. The first kappa shape index (κ1) is 15.3. The Morgan fingerprint density at radius 1 is 1.23 bits per heavy atom. The number of nitrogens with one attached hydrogen (secondary N) is 2. The van der Waals surface area contributed by atoms with Gasteiger partial charge in [0.1, 0.15) is 0 Å². The van der Waals surface area contributed by atoms with E-state index in [2.05, 4.69) is 31.5 Å². The number of amides is 2. The zero-order chi connectivity index (χ0) is 15.5. The summed E-state index contributed by atoms with van der Waals surface area (Å²) < 4.78 is 1.93. The molecule has 0 fully saturated rings. The number of carbonyl (C=O) groups is 1. The fourth-order valence-electron chi connectivity index (χ4n) is 1.89. The molecule has 2 aromatic carbocycles. The third-order valence-corrected chi connectivity index (χ3v) is 4.78. The van der Waals surface area contributed by atoms with Crippen LogP contribution in [0, 0.1) is 0 Å². The molecule has 0 saturated heterocycles. The summed E-state index contributed by atoms with van der Waals surface area (Å²) in [7, 11) is 0. The van der Waals surface area contributed by atoms with Crippen LogP contribution in [0.2, 0.25) is 5.02 Å². The molecule has 0 aliphatic rings. The van der Waals surface area contributed by atoms with Gasteiger partial charge in [-0.25, -0.2) is 9.78 Å². The number of para-hydroxylation sites is 1. The number of nitrogens with zero attached hydrogens (tertiary/aromatic N) is 1. The molecule has 7 heteroatoms. The average Bonchev–Trinajstić information content (AvgIpc) is 2.90. The Bertz CT molecular complexity index is 819. The number of benzene rings is 2. The highest BCUT2D eigenvalue weighted by Gasteiger charge is 2.09. The maximum absolute atomic E-state index is 11.9. The van der Waals surface area contributed by atoms with Crippen molar-refractivity contribution in [2.45, 2.75) is 6.54 Å². The molecule has 0 atom stereocenters. The van der Waals surface area contributed by atoms with Crippen LogP contribution in [0.4, 0.5) is 9.93 Å². The lowest BCUT2D eigenvalue weighted by Gasteiger charge is -2.05. The molecule has 1 heterocycles. The number of hydrogen-bond acceptors (Lipinski definition) is 3. The molecule has 2 amide bonds. The highest BCUT2D eigenvalue weighted by Crippen LogP contribution is 2.30. The van der Waals surface area contributed by atoms with E-state index in [9.17, 15) is 4.79 Å². The minimum absolute atomic E-state index is 0.287. The molecule has 0 bridgehead atoms. The molecular formula is C15H11BrClN3OS. The van der Waals surface area contributed by atoms with Gasteiger partial charge in [0.15, 0.2) is 5.13 Å². The van der Waals surface area contributed by atoms with Gasteiger partial charge in [-0.15, -0.1) is 0 Å². The molecule has 112 valence electrons. The highest BCUT2D eigenvalue weighted by molar-refractivity contribution is 9.10. The van der Waals surface area contributed by atoms with Crippen molar-refractivity contribution >= 4 is 60.2 Å². The van der Waals surface area contributed by atoms with E-state index in [0.717, 1.165) is 20.3 Å². The number of fused-ring (bicyclic) bond motifs is 1. The Morgan fingerprint density at radius 3 is 2.73 bits per heavy atom. The van der Waals surface area contributed by atoms with Crippen molar-refractivity contribution in [3.8, 4) is 0 Å². The number of thiazole rings is 1. The van der Waals surface area contributed by atoms with Crippen molar-refractivity contribution in [1.29, 1.82) is 0 Å². The molecule has 4 nitrogen and oxygen atoms in total. The first-order chi connectivity index (χ1) is 10.6. The highest BCUT2D eigenvalue weighted by atomic mass is 79.9. The van der Waals surface area contributed by atoms with Gasteiger partial charge < -0.3 is 5.32 Å². The van der Waals surface area contributed by atoms with E-state index >= 15 is 0 Å². The van der Waals surface area contributed by atoms with Crippen LogP contribution < -0.4 is 10.6 Å². The first-order valence-corrected chi connectivity index (χ1v) is 8.45. The Balaban J connectivity index is 1.63. The standard InChI is InChI=1S/C15H11BrClN3OS/c16-11-2-1-3-12-13(11)19-15(22-12)20-14(21)18-8-9-4-6-10(17)7-5-9/h1-7H,8H2,(H2,18,19,20,21). The Morgan fingerprint density at radius 2 is 2.00 bits per heavy atom. The SMILES string of the molecule is O=C(NCc1ccc(Cl)cc1)Nc1nc2c(Br)cccc2s1. The normalized spacial score (nSPS) is 10.6. The second kappa shape index (κ2) is 6.64. The van der Waals surface area contributed by atoms with Gasteiger partial charge in [-0.05, 0) is 45.8 Å². The fraction of sp³-hybridized carbons (Fsp3) is 0.0667. The molecular weight excluding hydrogens is 386 g/mol. The summed E-state index contributed by atoms with van der Waals surface area (Å²) >= 11 is 10.7. The molecule has 2 N–H and O–H groups in total. The van der Waals surface area contributed by atoms with Crippen molar-refractivity contribution < 1.29 is 4.79 Å². The quantitative estimate of drug-likeness (QED) is 0.652. The molecule has 1 aromatic heterocycles. The molecule has 0 unspecified atom stereocenters. The lowest BCUT2D eigenvalue weighted by Crippen LogP contribution is -2.28. The molecule has 22 heavy (non-hydrogen) atoms. The predicted molar refractivity (Wildman–Crippen MR) is 94.6 cm³/mol. The van der Waals surface area contributed by atoms with E-state index in [1.807, 2.05) is 30.3 Å². The second-order valence-corrected chi connectivity index (χ2v) is 6.86. The summed E-state index contributed by atoms with van der Waals surface area (Å²) in [6, 6.07) is 12.9. The summed E-state index contributed by atoms with van der Waals surface area (Å²) in [6.45, 7) is 0.428. The lowest BCUT2D eigenvalue weighted by molar-refractivity contribution is 0.251. The van der Waals surface area contributed by atoms with Crippen molar-refractivity contribution in [3.63, 3.8) is 0 Å². The van der Waals surface area contributed by atoms with E-state index in [0.29, 0.717) is 16.7 Å². The second-order valence-electron chi connectivity index (χ2n) is 4.54. The van der Waals surface area contributed by atoms with Crippen molar-refractivity contribution in [2.24, 2.45) is 0 Å². The number of anilines is 1. The Kier molecular flexibility index (Phi) is 4.61. The zero-order valence-corrected chi connectivity index (χ0v) is 14.4. The third kappa shape index (κ3) is 3.58. The average molecular weight is 397 g/mol. The van der Waals surface area contributed by atoms with Crippen molar-refractivity contribution in [1.82, 2.24) is 10.3 Å². The largest absolute Gasteiger partial charge is 0.334 e. The number of carbonyl (C=O) groups excluding carboxylic acids is 1. The van der Waals surface area contributed by atoms with Crippen molar-refractivity contribution in [2.75, 3.05) is 5.32 Å². The number of aromatic nitrogens is 1. The number of rotatable bonds is 3. The minimum Gasteiger partial charge on any atom is -0.334 e. The zero-order valence-electron chi connectivity index (χ0n) is 11.3. The van der Waals surface area contributed by atoms with Gasteiger partial charge in [-0.1, -0.05) is 41.1 Å². The van der Waals surface area contributed by atoms with Crippen LogP contribution in [0.25, 0.3) is 10.2 Å². The van der Waals surface area contributed by atoms with Gasteiger partial charge in [0.25, 0.3) is 0 Å². The summed E-state index contributed by atoms with van der Waals surface area (Å²) in [5, 5.41) is 6.78. The van der Waals surface area contributed by atoms with E-state index < -0.39 is 0 Å². The smallest absolute Gasteiger partial charge is 0.321 e. The van der Waals surface area contributed by atoms with Gasteiger partial charge in [-0.2, -0.15) is 0 Å². The van der Waals surface area contributed by atoms with Crippen LogP contribution in [0.15, 0.2) is 46.9 Å². The molecule has 0 saturated carbocycles. The summed E-state index contributed by atoms with van der Waals surface area (Å²) in [5.41, 5.74) is 1.83. The van der Waals surface area contributed by atoms with Crippen LogP contribution in [-0.4, -0.2) is 11.0 Å². The van der Waals surface area contributed by atoms with Gasteiger partial charge in [0.05, 0.1) is 10.2 Å². The number of halogens is 2. The maximum atomic E-state index is 11.9. The fourth-order valence-corrected chi connectivity index (χ4v) is 3.49. The first-order valence-electron chi connectivity index (χ1n) is 6.46. The summed E-state index contributed by atoms with van der Waals surface area (Å²) in [4.78, 5) is 16.3. The minimum atomic E-state index is -0.287. The van der Waals surface area contributed by atoms with E-state index in [1.165, 1.54) is 11.3 Å². The molecule has 0 spiro atoms. The topological polar surface area (TPSA) is 54.0 Å². The molecule has 3 aromatic rings. The van der Waals surface area contributed by atoms with Crippen molar-refractivity contribution in [3.05, 3.63) is 57.5 Å². The predicted octanol–water partition coefficient (Wildman–Crippen LogP) is 5.03.